The molecule has 1 fully saturated rings. The van der Waals surface area contributed by atoms with E-state index in [1.165, 1.54) is 12.8 Å². The van der Waals surface area contributed by atoms with Gasteiger partial charge in [0.05, 0.1) is 17.2 Å². The normalized spacial score (nSPS) is 26.4. The van der Waals surface area contributed by atoms with Crippen LogP contribution in [0.1, 0.15) is 44.6 Å². The molecule has 0 bridgehead atoms. The average molecular weight is 296 g/mol. The van der Waals surface area contributed by atoms with Crippen molar-refractivity contribution < 1.29 is 9.32 Å². The molecule has 1 N–H and O–H groups in total. The number of nitrogens with zero attached hydrogens (tertiary/aromatic N) is 1. The molecule has 1 aromatic rings. The minimum atomic E-state index is 0.136. The zero-order valence-corrected chi connectivity index (χ0v) is 13.3. The van der Waals surface area contributed by atoms with Crippen molar-refractivity contribution in [3.8, 4) is 0 Å². The summed E-state index contributed by atoms with van der Waals surface area (Å²) in [5, 5.41) is 7.02. The molecule has 1 heterocycles. The molecule has 1 aliphatic carbocycles. The molecule has 4 nitrogen and oxygen atoms in total. The fourth-order valence-corrected chi connectivity index (χ4v) is 3.47. The molecule has 3 atom stereocenters. The predicted octanol–water partition coefficient (Wildman–Crippen LogP) is 3.16. The number of hydrogen-bond acceptors (Lipinski definition) is 4. The summed E-state index contributed by atoms with van der Waals surface area (Å²) in [7, 11) is 0. The van der Waals surface area contributed by atoms with E-state index < -0.39 is 0 Å². The second kappa shape index (κ2) is 7.16. The van der Waals surface area contributed by atoms with Crippen molar-refractivity contribution in [3.05, 3.63) is 17.5 Å². The maximum Gasteiger partial charge on any atom is 0.230 e. The van der Waals surface area contributed by atoms with Gasteiger partial charge in [0.15, 0.2) is 0 Å². The van der Waals surface area contributed by atoms with E-state index in [2.05, 4.69) is 24.3 Å². The Labute approximate surface area is 125 Å². The second-order valence-electron chi connectivity index (χ2n) is 5.87. The van der Waals surface area contributed by atoms with Gasteiger partial charge in [0.2, 0.25) is 5.91 Å². The maximum atomic E-state index is 12.0. The Balaban J connectivity index is 1.69. The Kier molecular flexibility index (Phi) is 5.52. The van der Waals surface area contributed by atoms with Crippen LogP contribution in [-0.4, -0.2) is 22.9 Å². The van der Waals surface area contributed by atoms with Gasteiger partial charge in [-0.05, 0) is 25.2 Å². The molecule has 0 radical (unpaired) electrons. The molecule has 20 heavy (non-hydrogen) atoms. The molecular weight excluding hydrogens is 272 g/mol. The maximum absolute atomic E-state index is 12.0. The zero-order chi connectivity index (χ0) is 14.5. The lowest BCUT2D eigenvalue weighted by molar-refractivity contribution is -0.119. The van der Waals surface area contributed by atoms with E-state index in [0.29, 0.717) is 29.4 Å². The molecule has 0 saturated heterocycles. The number of carbonyl (C=O) groups excluding carboxylic acids is 1. The number of carbonyl (C=O) groups is 1. The molecule has 0 unspecified atom stereocenters. The van der Waals surface area contributed by atoms with Crippen molar-refractivity contribution >= 4 is 17.7 Å². The van der Waals surface area contributed by atoms with Crippen LogP contribution < -0.4 is 5.32 Å². The summed E-state index contributed by atoms with van der Waals surface area (Å²) in [4.78, 5) is 12.0. The summed E-state index contributed by atoms with van der Waals surface area (Å²) in [5.74, 6) is 3.44. The third-order valence-electron chi connectivity index (χ3n) is 4.21. The van der Waals surface area contributed by atoms with Crippen LogP contribution in [0.25, 0.3) is 0 Å². The number of aromatic nitrogens is 1. The molecule has 1 aliphatic rings. The number of nitrogens with one attached hydrogen (secondary N) is 1. The monoisotopic (exact) mass is 296 g/mol. The first-order valence-corrected chi connectivity index (χ1v) is 8.51. The average Bonchev–Trinajstić information content (AvgIpc) is 2.81. The third kappa shape index (κ3) is 4.27. The van der Waals surface area contributed by atoms with Crippen LogP contribution in [0.4, 0.5) is 0 Å². The van der Waals surface area contributed by atoms with Crippen LogP contribution in [0.15, 0.2) is 10.6 Å². The third-order valence-corrected chi connectivity index (χ3v) is 5.16. The number of hydrogen-bond donors (Lipinski definition) is 1. The van der Waals surface area contributed by atoms with Crippen LogP contribution in [0.3, 0.4) is 0 Å². The lowest BCUT2D eigenvalue weighted by Crippen LogP contribution is -2.44. The lowest BCUT2D eigenvalue weighted by Gasteiger charge is -2.34. The minimum absolute atomic E-state index is 0.136. The number of rotatable bonds is 5. The molecule has 0 spiro atoms. The van der Waals surface area contributed by atoms with Gasteiger partial charge in [-0.2, -0.15) is 0 Å². The molecule has 1 aromatic heterocycles. The number of amides is 1. The van der Waals surface area contributed by atoms with Gasteiger partial charge in [-0.15, -0.1) is 11.8 Å². The Bertz CT molecular complexity index is 447. The van der Waals surface area contributed by atoms with Crippen LogP contribution in [0.5, 0.6) is 0 Å². The summed E-state index contributed by atoms with van der Waals surface area (Å²) in [6.45, 7) is 6.43. The van der Waals surface area contributed by atoms with Gasteiger partial charge in [-0.3, -0.25) is 4.79 Å². The van der Waals surface area contributed by atoms with E-state index in [0.717, 1.165) is 17.9 Å². The van der Waals surface area contributed by atoms with Gasteiger partial charge in [-0.25, -0.2) is 0 Å². The SMILES string of the molecule is Cc1cc(CSCC(=O)N[C@@H]2CCC[C@H](C)[C@@H]2C)on1. The highest BCUT2D eigenvalue weighted by molar-refractivity contribution is 7.99. The molecule has 5 heteroatoms. The van der Waals surface area contributed by atoms with E-state index in [4.69, 9.17) is 4.52 Å². The first-order valence-electron chi connectivity index (χ1n) is 7.35. The molecule has 2 rings (SSSR count). The highest BCUT2D eigenvalue weighted by Gasteiger charge is 2.27. The van der Waals surface area contributed by atoms with Crippen molar-refractivity contribution in [2.45, 2.75) is 51.8 Å². The Morgan fingerprint density at radius 1 is 1.50 bits per heavy atom. The lowest BCUT2D eigenvalue weighted by atomic mass is 9.78. The molecule has 1 amide bonds. The van der Waals surface area contributed by atoms with Crippen LogP contribution >= 0.6 is 11.8 Å². The zero-order valence-electron chi connectivity index (χ0n) is 12.5. The molecular formula is C15H24N2O2S. The molecule has 0 aromatic carbocycles. The van der Waals surface area contributed by atoms with Crippen LogP contribution in [-0.2, 0) is 10.5 Å². The van der Waals surface area contributed by atoms with Crippen molar-refractivity contribution in [2.24, 2.45) is 11.8 Å². The summed E-state index contributed by atoms with van der Waals surface area (Å²) in [6.07, 6.45) is 3.62. The molecule has 1 saturated carbocycles. The highest BCUT2D eigenvalue weighted by atomic mass is 32.2. The van der Waals surface area contributed by atoms with Gasteiger partial charge in [-0.1, -0.05) is 31.8 Å². The number of thioether (sulfide) groups is 1. The van der Waals surface area contributed by atoms with E-state index >= 15 is 0 Å². The van der Waals surface area contributed by atoms with Crippen molar-refractivity contribution in [2.75, 3.05) is 5.75 Å². The van der Waals surface area contributed by atoms with Crippen molar-refractivity contribution in [1.82, 2.24) is 10.5 Å². The second-order valence-corrected chi connectivity index (χ2v) is 6.85. The standard InChI is InChI=1S/C15H24N2O2S/c1-10-5-4-6-14(12(10)3)16-15(18)9-20-8-13-7-11(2)17-19-13/h7,10,12,14H,4-6,8-9H2,1-3H3,(H,16,18)/t10-,12-,14+/m0/s1. The summed E-state index contributed by atoms with van der Waals surface area (Å²) >= 11 is 1.57. The predicted molar refractivity (Wildman–Crippen MR) is 81.5 cm³/mol. The van der Waals surface area contributed by atoms with Gasteiger partial charge in [0.1, 0.15) is 5.76 Å². The Morgan fingerprint density at radius 3 is 3.00 bits per heavy atom. The van der Waals surface area contributed by atoms with E-state index in [9.17, 15) is 4.79 Å². The quantitative estimate of drug-likeness (QED) is 0.907. The fourth-order valence-electron chi connectivity index (χ4n) is 2.76. The molecule has 0 aliphatic heterocycles. The summed E-state index contributed by atoms with van der Waals surface area (Å²) < 4.78 is 5.12. The Hall–Kier alpha value is -0.970. The van der Waals surface area contributed by atoms with E-state index in [-0.39, 0.29) is 5.91 Å². The highest BCUT2D eigenvalue weighted by Crippen LogP contribution is 2.29. The van der Waals surface area contributed by atoms with Crippen LogP contribution in [0.2, 0.25) is 0 Å². The van der Waals surface area contributed by atoms with Crippen molar-refractivity contribution in [1.29, 1.82) is 0 Å². The minimum Gasteiger partial charge on any atom is -0.360 e. The van der Waals surface area contributed by atoms with Gasteiger partial charge in [0, 0.05) is 12.1 Å². The summed E-state index contributed by atoms with van der Waals surface area (Å²) in [5.41, 5.74) is 0.884. The first kappa shape index (κ1) is 15.4. The van der Waals surface area contributed by atoms with Crippen LogP contribution in [0, 0.1) is 18.8 Å². The van der Waals surface area contributed by atoms with Gasteiger partial charge >= 0.3 is 0 Å². The van der Waals surface area contributed by atoms with Crippen molar-refractivity contribution in [3.63, 3.8) is 0 Å². The Morgan fingerprint density at radius 2 is 2.30 bits per heavy atom. The van der Waals surface area contributed by atoms with Gasteiger partial charge < -0.3 is 9.84 Å². The fraction of sp³-hybridized carbons (Fsp3) is 0.733. The first-order chi connectivity index (χ1) is 9.56. The van der Waals surface area contributed by atoms with Gasteiger partial charge in [0.25, 0.3) is 0 Å². The van der Waals surface area contributed by atoms with E-state index in [1.54, 1.807) is 11.8 Å². The van der Waals surface area contributed by atoms with E-state index in [1.807, 2.05) is 13.0 Å². The topological polar surface area (TPSA) is 55.1 Å². The number of aryl methyl sites for hydroxylation is 1. The largest absolute Gasteiger partial charge is 0.360 e. The smallest absolute Gasteiger partial charge is 0.230 e. The summed E-state index contributed by atoms with van der Waals surface area (Å²) in [6, 6.07) is 2.26. The molecule has 112 valence electrons.